The van der Waals surface area contributed by atoms with E-state index in [-0.39, 0.29) is 23.2 Å². The van der Waals surface area contributed by atoms with Crippen molar-refractivity contribution in [1.29, 1.82) is 0 Å². The van der Waals surface area contributed by atoms with Gasteiger partial charge in [-0.15, -0.1) is 0 Å². The van der Waals surface area contributed by atoms with Crippen molar-refractivity contribution in [3.8, 4) is 22.5 Å². The maximum absolute atomic E-state index is 13.9. The van der Waals surface area contributed by atoms with Gasteiger partial charge in [0.05, 0.1) is 22.6 Å². The number of aryl methyl sites for hydroxylation is 1. The van der Waals surface area contributed by atoms with E-state index in [2.05, 4.69) is 49.6 Å². The lowest BCUT2D eigenvalue weighted by molar-refractivity contribution is -0.137. The van der Waals surface area contributed by atoms with Crippen molar-refractivity contribution in [2.24, 2.45) is 0 Å². The number of hydrogen-bond acceptors (Lipinski definition) is 7. The topological polar surface area (TPSA) is 105 Å². The van der Waals surface area contributed by atoms with E-state index in [1.54, 1.807) is 19.1 Å². The fourth-order valence-corrected chi connectivity index (χ4v) is 4.18. The second-order valence-electron chi connectivity index (χ2n) is 9.21. The Hall–Kier alpha value is -3.47. The van der Waals surface area contributed by atoms with Gasteiger partial charge in [0.25, 0.3) is 0 Å². The molecule has 1 saturated heterocycles. The highest BCUT2D eigenvalue weighted by atomic mass is 19.4. The molecule has 0 spiro atoms. The minimum Gasteiger partial charge on any atom is -0.364 e. The largest absolute Gasteiger partial charge is 0.419 e. The molecule has 5 heterocycles. The number of aromatic amines is 1. The van der Waals surface area contributed by atoms with Crippen LogP contribution in [0.15, 0.2) is 35.3 Å². The zero-order valence-electron chi connectivity index (χ0n) is 18.9. The molecule has 0 amide bonds. The predicted octanol–water partition coefficient (Wildman–Crippen LogP) is 4.94. The van der Waals surface area contributed by atoms with Gasteiger partial charge >= 0.3 is 6.18 Å². The molecule has 5 rings (SSSR count). The van der Waals surface area contributed by atoms with Gasteiger partial charge in [0, 0.05) is 41.5 Å². The lowest BCUT2D eigenvalue weighted by Crippen LogP contribution is -2.50. The highest BCUT2D eigenvalue weighted by molar-refractivity contribution is 5.94. The molecule has 0 radical (unpaired) electrons. The van der Waals surface area contributed by atoms with Crippen LogP contribution in [-0.4, -0.2) is 43.2 Å². The SMILES string of the molecule is Cc1nocc1-c1ccc2c(-c3nc(N[C@H]4CCC(C)(C)NC4)ncc3C(F)(F)F)c[nH]c2n1. The molecule has 0 bridgehead atoms. The maximum atomic E-state index is 13.9. The Morgan fingerprint density at radius 2 is 2.00 bits per heavy atom. The first-order valence-corrected chi connectivity index (χ1v) is 11.0. The quantitative estimate of drug-likeness (QED) is 0.387. The van der Waals surface area contributed by atoms with E-state index >= 15 is 0 Å². The van der Waals surface area contributed by atoms with Gasteiger partial charge in [0.2, 0.25) is 5.95 Å². The number of aromatic nitrogens is 5. The number of nitrogens with one attached hydrogen (secondary N) is 3. The minimum atomic E-state index is -4.61. The zero-order valence-corrected chi connectivity index (χ0v) is 18.9. The number of alkyl halides is 3. The number of hydrogen-bond donors (Lipinski definition) is 3. The van der Waals surface area contributed by atoms with E-state index in [1.807, 2.05) is 0 Å². The summed E-state index contributed by atoms with van der Waals surface area (Å²) in [5.74, 6) is 0.161. The zero-order chi connectivity index (χ0) is 24.1. The Balaban J connectivity index is 1.52. The molecule has 0 unspecified atom stereocenters. The smallest absolute Gasteiger partial charge is 0.364 e. The Bertz CT molecular complexity index is 1330. The van der Waals surface area contributed by atoms with Gasteiger partial charge in [-0.05, 0) is 45.7 Å². The molecule has 11 heteroatoms. The lowest BCUT2D eigenvalue weighted by atomic mass is 9.91. The number of fused-ring (bicyclic) bond motifs is 1. The average molecular weight is 471 g/mol. The molecule has 34 heavy (non-hydrogen) atoms. The number of anilines is 1. The summed E-state index contributed by atoms with van der Waals surface area (Å²) in [6.45, 7) is 6.71. The first-order chi connectivity index (χ1) is 16.1. The van der Waals surface area contributed by atoms with Gasteiger partial charge in [0.15, 0.2) is 0 Å². The molecule has 0 aromatic carbocycles. The van der Waals surface area contributed by atoms with Crippen LogP contribution in [0.25, 0.3) is 33.5 Å². The molecule has 3 N–H and O–H groups in total. The molecule has 1 aliphatic rings. The first kappa shape index (κ1) is 22.3. The fourth-order valence-electron chi connectivity index (χ4n) is 4.18. The van der Waals surface area contributed by atoms with E-state index in [9.17, 15) is 13.2 Å². The molecule has 178 valence electrons. The summed E-state index contributed by atoms with van der Waals surface area (Å²) < 4.78 is 46.5. The monoisotopic (exact) mass is 471 g/mol. The Kier molecular flexibility index (Phi) is 5.31. The molecule has 4 aromatic rings. The van der Waals surface area contributed by atoms with Crippen molar-refractivity contribution in [3.63, 3.8) is 0 Å². The molecule has 1 fully saturated rings. The maximum Gasteiger partial charge on any atom is 0.419 e. The van der Waals surface area contributed by atoms with E-state index in [0.717, 1.165) is 19.0 Å². The summed E-state index contributed by atoms with van der Waals surface area (Å²) in [6, 6.07) is 3.47. The fraction of sp³-hybridized carbons (Fsp3) is 0.391. The molecule has 0 aliphatic carbocycles. The molecule has 8 nitrogen and oxygen atoms in total. The average Bonchev–Trinajstić information content (AvgIpc) is 3.40. The van der Waals surface area contributed by atoms with Crippen LogP contribution in [0.5, 0.6) is 0 Å². The molecular weight excluding hydrogens is 447 g/mol. The van der Waals surface area contributed by atoms with Crippen molar-refractivity contribution < 1.29 is 17.7 Å². The molecule has 1 atom stereocenters. The van der Waals surface area contributed by atoms with Gasteiger partial charge in [-0.25, -0.2) is 15.0 Å². The molecule has 1 aliphatic heterocycles. The normalized spacial score (nSPS) is 18.4. The van der Waals surface area contributed by atoms with Gasteiger partial charge in [-0.1, -0.05) is 5.16 Å². The standard InChI is InChI=1S/C23H24F3N7O/c1-12-16(11-34-33-12)18-5-4-14-15(9-27-20(14)31-18)19-17(23(24,25)26)10-28-21(32-19)30-13-6-7-22(2,3)29-8-13/h4-5,9-11,13,29H,6-8H2,1-3H3,(H,27,31)(H,28,30,32)/t13-/m0/s1. The van der Waals surface area contributed by atoms with Crippen molar-refractivity contribution in [3.05, 3.63) is 42.0 Å². The van der Waals surface area contributed by atoms with E-state index in [0.29, 0.717) is 40.1 Å². The highest BCUT2D eigenvalue weighted by Gasteiger charge is 2.36. The Morgan fingerprint density at radius 3 is 2.68 bits per heavy atom. The molecular formula is C23H24F3N7O. The number of halogens is 3. The van der Waals surface area contributed by atoms with E-state index in [4.69, 9.17) is 4.52 Å². The van der Waals surface area contributed by atoms with Gasteiger partial charge in [0.1, 0.15) is 17.5 Å². The number of pyridine rings is 1. The predicted molar refractivity (Wildman–Crippen MR) is 121 cm³/mol. The number of piperidine rings is 1. The van der Waals surface area contributed by atoms with Crippen LogP contribution in [-0.2, 0) is 6.18 Å². The lowest BCUT2D eigenvalue weighted by Gasteiger charge is -2.36. The Morgan fingerprint density at radius 1 is 1.18 bits per heavy atom. The van der Waals surface area contributed by atoms with Crippen molar-refractivity contribution >= 4 is 17.0 Å². The minimum absolute atomic E-state index is 0.0246. The van der Waals surface area contributed by atoms with E-state index < -0.39 is 11.7 Å². The summed E-state index contributed by atoms with van der Waals surface area (Å²) >= 11 is 0. The number of H-pyrrole nitrogens is 1. The summed E-state index contributed by atoms with van der Waals surface area (Å²) in [6.07, 6.45) is 1.00. The van der Waals surface area contributed by atoms with Crippen LogP contribution in [0.3, 0.4) is 0 Å². The van der Waals surface area contributed by atoms with Crippen molar-refractivity contribution in [2.45, 2.75) is 51.4 Å². The second-order valence-corrected chi connectivity index (χ2v) is 9.21. The summed E-state index contributed by atoms with van der Waals surface area (Å²) in [5.41, 5.74) is 1.66. The summed E-state index contributed by atoms with van der Waals surface area (Å²) in [5, 5.41) is 11.0. The third-order valence-corrected chi connectivity index (χ3v) is 6.19. The number of nitrogens with zero attached hydrogens (tertiary/aromatic N) is 4. The van der Waals surface area contributed by atoms with Crippen LogP contribution in [0.2, 0.25) is 0 Å². The summed E-state index contributed by atoms with van der Waals surface area (Å²) in [7, 11) is 0. The van der Waals surface area contributed by atoms with Crippen molar-refractivity contribution in [2.75, 3.05) is 11.9 Å². The first-order valence-electron chi connectivity index (χ1n) is 11.0. The second kappa shape index (κ2) is 8.08. The van der Waals surface area contributed by atoms with Gasteiger partial charge in [-0.2, -0.15) is 13.2 Å². The van der Waals surface area contributed by atoms with Crippen LogP contribution in [0, 0.1) is 6.92 Å². The highest BCUT2D eigenvalue weighted by Crippen LogP contribution is 2.39. The van der Waals surface area contributed by atoms with Crippen molar-refractivity contribution in [1.82, 2.24) is 30.4 Å². The third-order valence-electron chi connectivity index (χ3n) is 6.19. The number of rotatable bonds is 4. The Labute approximate surface area is 193 Å². The molecule has 0 saturated carbocycles. The van der Waals surface area contributed by atoms with Gasteiger partial charge in [-0.3, -0.25) is 0 Å². The van der Waals surface area contributed by atoms with Crippen LogP contribution in [0.4, 0.5) is 19.1 Å². The van der Waals surface area contributed by atoms with Crippen LogP contribution in [0.1, 0.15) is 37.9 Å². The third kappa shape index (κ3) is 4.23. The van der Waals surface area contributed by atoms with Gasteiger partial charge < -0.3 is 20.1 Å². The van der Waals surface area contributed by atoms with Crippen LogP contribution < -0.4 is 10.6 Å². The molecule has 4 aromatic heterocycles. The summed E-state index contributed by atoms with van der Waals surface area (Å²) in [4.78, 5) is 15.8. The van der Waals surface area contributed by atoms with Crippen LogP contribution >= 0.6 is 0 Å². The van der Waals surface area contributed by atoms with E-state index in [1.165, 1.54) is 12.5 Å².